The Morgan fingerprint density at radius 3 is 1.62 bits per heavy atom. The molecule has 0 aliphatic heterocycles. The molecule has 0 rings (SSSR count). The van der Waals surface area contributed by atoms with E-state index in [1.54, 1.807) is 0 Å². The second kappa shape index (κ2) is 5.10. The van der Waals surface area contributed by atoms with E-state index < -0.39 is 0 Å². The SMILES string of the molecule is CC(C)NC(=N)N(C(C)C)C(C)C. The van der Waals surface area contributed by atoms with E-state index in [0.717, 1.165) is 0 Å². The lowest BCUT2D eigenvalue weighted by molar-refractivity contribution is 0.278. The van der Waals surface area contributed by atoms with E-state index in [1.807, 2.05) is 13.8 Å². The third-order valence-electron chi connectivity index (χ3n) is 1.80. The van der Waals surface area contributed by atoms with Crippen LogP contribution in [0.3, 0.4) is 0 Å². The lowest BCUT2D eigenvalue weighted by Gasteiger charge is -2.34. The van der Waals surface area contributed by atoms with E-state index >= 15 is 0 Å². The van der Waals surface area contributed by atoms with Crippen LogP contribution in [0.15, 0.2) is 0 Å². The number of rotatable bonds is 3. The normalized spacial score (nSPS) is 11.2. The summed E-state index contributed by atoms with van der Waals surface area (Å²) in [6.07, 6.45) is 0. The van der Waals surface area contributed by atoms with E-state index in [4.69, 9.17) is 5.41 Å². The predicted molar refractivity (Wildman–Crippen MR) is 58.1 cm³/mol. The molecule has 0 aliphatic rings. The van der Waals surface area contributed by atoms with Gasteiger partial charge in [-0.2, -0.15) is 0 Å². The summed E-state index contributed by atoms with van der Waals surface area (Å²) in [6, 6.07) is 1.07. The fraction of sp³-hybridized carbons (Fsp3) is 0.900. The van der Waals surface area contributed by atoms with Crippen LogP contribution in [0.1, 0.15) is 41.5 Å². The van der Waals surface area contributed by atoms with Gasteiger partial charge in [-0.3, -0.25) is 5.41 Å². The zero-order valence-electron chi connectivity index (χ0n) is 9.68. The summed E-state index contributed by atoms with van der Waals surface area (Å²) >= 11 is 0. The Labute approximate surface area is 82.0 Å². The average Bonchev–Trinajstić information content (AvgIpc) is 1.81. The van der Waals surface area contributed by atoms with Gasteiger partial charge in [0.05, 0.1) is 0 Å². The van der Waals surface area contributed by atoms with Gasteiger partial charge in [0.25, 0.3) is 0 Å². The molecule has 0 spiro atoms. The highest BCUT2D eigenvalue weighted by Gasteiger charge is 2.16. The monoisotopic (exact) mass is 185 g/mol. The Bertz CT molecular complexity index is 154. The van der Waals surface area contributed by atoms with E-state index in [0.29, 0.717) is 24.1 Å². The zero-order valence-corrected chi connectivity index (χ0v) is 9.68. The smallest absolute Gasteiger partial charge is 0.191 e. The molecule has 3 heteroatoms. The quantitative estimate of drug-likeness (QED) is 0.521. The molecular formula is C10H23N3. The predicted octanol–water partition coefficient (Wildman–Crippen LogP) is 2.04. The topological polar surface area (TPSA) is 39.1 Å². The Morgan fingerprint density at radius 2 is 1.38 bits per heavy atom. The first-order valence-electron chi connectivity index (χ1n) is 4.99. The maximum atomic E-state index is 7.85. The Kier molecular flexibility index (Phi) is 4.81. The van der Waals surface area contributed by atoms with Crippen LogP contribution >= 0.6 is 0 Å². The molecule has 13 heavy (non-hydrogen) atoms. The average molecular weight is 185 g/mol. The van der Waals surface area contributed by atoms with Crippen molar-refractivity contribution in [3.63, 3.8) is 0 Å². The van der Waals surface area contributed by atoms with Gasteiger partial charge >= 0.3 is 0 Å². The molecule has 0 atom stereocenters. The fourth-order valence-corrected chi connectivity index (χ4v) is 1.46. The van der Waals surface area contributed by atoms with Crippen molar-refractivity contribution in [3.8, 4) is 0 Å². The van der Waals surface area contributed by atoms with Crippen LogP contribution < -0.4 is 5.32 Å². The molecular weight excluding hydrogens is 162 g/mol. The molecule has 0 heterocycles. The van der Waals surface area contributed by atoms with Crippen molar-refractivity contribution in [2.75, 3.05) is 0 Å². The minimum Gasteiger partial charge on any atom is -0.354 e. The summed E-state index contributed by atoms with van der Waals surface area (Å²) in [4.78, 5) is 2.07. The Balaban J connectivity index is 4.29. The molecule has 0 unspecified atom stereocenters. The first-order chi connectivity index (χ1) is 5.86. The van der Waals surface area contributed by atoms with Crippen LogP contribution in [-0.2, 0) is 0 Å². The summed E-state index contributed by atoms with van der Waals surface area (Å²) in [5.41, 5.74) is 0. The van der Waals surface area contributed by atoms with Crippen LogP contribution in [0.5, 0.6) is 0 Å². The summed E-state index contributed by atoms with van der Waals surface area (Å²) in [5, 5.41) is 11.0. The lowest BCUT2D eigenvalue weighted by atomic mass is 10.2. The molecule has 0 bridgehead atoms. The summed E-state index contributed by atoms with van der Waals surface area (Å²) in [5.74, 6) is 0.528. The van der Waals surface area contributed by atoms with Crippen LogP contribution in [0.25, 0.3) is 0 Å². The third kappa shape index (κ3) is 4.15. The van der Waals surface area contributed by atoms with Gasteiger partial charge < -0.3 is 10.2 Å². The van der Waals surface area contributed by atoms with E-state index in [-0.39, 0.29) is 0 Å². The largest absolute Gasteiger partial charge is 0.354 e. The summed E-state index contributed by atoms with van der Waals surface area (Å²) in [7, 11) is 0. The van der Waals surface area contributed by atoms with Crippen LogP contribution in [-0.4, -0.2) is 29.0 Å². The van der Waals surface area contributed by atoms with Gasteiger partial charge in [0.15, 0.2) is 5.96 Å². The summed E-state index contributed by atoms with van der Waals surface area (Å²) < 4.78 is 0. The Hall–Kier alpha value is -0.730. The highest BCUT2D eigenvalue weighted by atomic mass is 15.3. The molecule has 2 N–H and O–H groups in total. The molecule has 0 fully saturated rings. The molecule has 0 aromatic rings. The van der Waals surface area contributed by atoms with Gasteiger partial charge in [-0.25, -0.2) is 0 Å². The molecule has 0 saturated carbocycles. The van der Waals surface area contributed by atoms with Gasteiger partial charge in [-0.1, -0.05) is 0 Å². The van der Waals surface area contributed by atoms with Gasteiger partial charge in [0.1, 0.15) is 0 Å². The molecule has 0 saturated heterocycles. The molecule has 0 amide bonds. The number of nitrogens with one attached hydrogen (secondary N) is 2. The molecule has 78 valence electrons. The maximum absolute atomic E-state index is 7.85. The molecule has 0 aliphatic carbocycles. The van der Waals surface area contributed by atoms with Gasteiger partial charge in [-0.05, 0) is 41.5 Å². The van der Waals surface area contributed by atoms with Crippen molar-refractivity contribution < 1.29 is 0 Å². The van der Waals surface area contributed by atoms with Crippen molar-refractivity contribution in [2.24, 2.45) is 0 Å². The number of guanidine groups is 1. The zero-order chi connectivity index (χ0) is 10.6. The van der Waals surface area contributed by atoms with Crippen molar-refractivity contribution in [1.82, 2.24) is 10.2 Å². The van der Waals surface area contributed by atoms with Crippen molar-refractivity contribution in [1.29, 1.82) is 5.41 Å². The second-order valence-electron chi connectivity index (χ2n) is 4.24. The van der Waals surface area contributed by atoms with Gasteiger partial charge in [0, 0.05) is 18.1 Å². The fourth-order valence-electron chi connectivity index (χ4n) is 1.46. The first kappa shape index (κ1) is 12.3. The molecule has 0 aromatic heterocycles. The van der Waals surface area contributed by atoms with E-state index in [2.05, 4.69) is 37.9 Å². The highest BCUT2D eigenvalue weighted by molar-refractivity contribution is 5.77. The van der Waals surface area contributed by atoms with Crippen LogP contribution in [0, 0.1) is 5.41 Å². The Morgan fingerprint density at radius 1 is 1.00 bits per heavy atom. The lowest BCUT2D eigenvalue weighted by Crippen LogP contribution is -2.50. The number of hydrogen-bond acceptors (Lipinski definition) is 1. The minimum atomic E-state index is 0.326. The van der Waals surface area contributed by atoms with E-state index in [1.165, 1.54) is 0 Å². The number of hydrogen-bond donors (Lipinski definition) is 2. The van der Waals surface area contributed by atoms with Crippen molar-refractivity contribution >= 4 is 5.96 Å². The molecule has 0 radical (unpaired) electrons. The minimum absolute atomic E-state index is 0.326. The number of nitrogens with zero attached hydrogens (tertiary/aromatic N) is 1. The standard InChI is InChI=1S/C10H23N3/c1-7(2)12-10(11)13(8(3)4)9(5)6/h7-9H,1-6H3,(H2,11,12). The van der Waals surface area contributed by atoms with E-state index in [9.17, 15) is 0 Å². The van der Waals surface area contributed by atoms with Crippen molar-refractivity contribution in [3.05, 3.63) is 0 Å². The molecule has 0 aromatic carbocycles. The van der Waals surface area contributed by atoms with Crippen molar-refractivity contribution in [2.45, 2.75) is 59.7 Å². The maximum Gasteiger partial charge on any atom is 0.191 e. The highest BCUT2D eigenvalue weighted by Crippen LogP contribution is 2.04. The van der Waals surface area contributed by atoms with Gasteiger partial charge in [0.2, 0.25) is 0 Å². The molecule has 3 nitrogen and oxygen atoms in total. The van der Waals surface area contributed by atoms with Crippen LogP contribution in [0.2, 0.25) is 0 Å². The van der Waals surface area contributed by atoms with Gasteiger partial charge in [-0.15, -0.1) is 0 Å². The third-order valence-corrected chi connectivity index (χ3v) is 1.80. The first-order valence-corrected chi connectivity index (χ1v) is 4.99. The second-order valence-corrected chi connectivity index (χ2v) is 4.24. The van der Waals surface area contributed by atoms with Crippen LogP contribution in [0.4, 0.5) is 0 Å². The summed E-state index contributed by atoms with van der Waals surface area (Å²) in [6.45, 7) is 12.5.